The van der Waals surface area contributed by atoms with Crippen LogP contribution in [-0.2, 0) is 9.47 Å². The minimum Gasteiger partial charge on any atom is -0.481 e. The maximum absolute atomic E-state index is 16.1. The number of nitrogens with zero attached hydrogens (tertiary/aromatic N) is 4. The maximum atomic E-state index is 16.1. The van der Waals surface area contributed by atoms with Gasteiger partial charge in [0.1, 0.15) is 28.4 Å². The SMILES string of the molecule is CC/C=C(/N=C(\c1cnc(-c2ccc(F)c3sc(N)c(C#N)c23)c(F)c1C)N1CCOCCC1C)OC. The molecular formula is C27H29F2N5O2S. The number of nitriles is 1. The summed E-state index contributed by atoms with van der Waals surface area (Å²) in [7, 11) is 1.55. The molecule has 1 aromatic carbocycles. The fourth-order valence-corrected chi connectivity index (χ4v) is 5.38. The number of aromatic nitrogens is 1. The summed E-state index contributed by atoms with van der Waals surface area (Å²) in [5.74, 6) is -0.139. The van der Waals surface area contributed by atoms with E-state index in [0.717, 1.165) is 17.8 Å². The minimum absolute atomic E-state index is 0.0169. The smallest absolute Gasteiger partial charge is 0.210 e. The molecule has 0 spiro atoms. The van der Waals surface area contributed by atoms with Crippen molar-refractivity contribution in [1.29, 1.82) is 5.26 Å². The van der Waals surface area contributed by atoms with Crippen LogP contribution in [0.1, 0.15) is 43.4 Å². The first-order valence-electron chi connectivity index (χ1n) is 12.1. The van der Waals surface area contributed by atoms with Crippen molar-refractivity contribution in [2.45, 2.75) is 39.7 Å². The molecule has 1 aliphatic rings. The van der Waals surface area contributed by atoms with Gasteiger partial charge < -0.3 is 20.1 Å². The lowest BCUT2D eigenvalue weighted by Gasteiger charge is -2.31. The van der Waals surface area contributed by atoms with Gasteiger partial charge in [-0.2, -0.15) is 10.3 Å². The number of nitrogens with two attached hydrogens (primary N) is 1. The quantitative estimate of drug-likeness (QED) is 0.259. The van der Waals surface area contributed by atoms with E-state index in [1.54, 1.807) is 20.2 Å². The second kappa shape index (κ2) is 11.2. The average Bonchev–Trinajstić information content (AvgIpc) is 3.08. The number of allylic oxidation sites excluding steroid dienone is 1. The second-order valence-electron chi connectivity index (χ2n) is 8.75. The summed E-state index contributed by atoms with van der Waals surface area (Å²) in [6.45, 7) is 7.43. The molecule has 0 bridgehead atoms. The number of thiophene rings is 1. The van der Waals surface area contributed by atoms with Crippen molar-refractivity contribution in [2.75, 3.05) is 32.6 Å². The number of aliphatic imine (C=N–C) groups is 1. The number of anilines is 1. The van der Waals surface area contributed by atoms with Crippen molar-refractivity contribution in [3.63, 3.8) is 0 Å². The monoisotopic (exact) mass is 525 g/mol. The van der Waals surface area contributed by atoms with Gasteiger partial charge in [-0.15, -0.1) is 11.3 Å². The molecule has 2 N–H and O–H groups in total. The van der Waals surface area contributed by atoms with Crippen molar-refractivity contribution >= 4 is 32.3 Å². The van der Waals surface area contributed by atoms with Crippen LogP contribution in [0, 0.1) is 29.9 Å². The fraction of sp³-hybridized carbons (Fsp3) is 0.370. The van der Waals surface area contributed by atoms with E-state index in [0.29, 0.717) is 54.6 Å². The Labute approximate surface area is 218 Å². The number of nitrogen functional groups attached to an aromatic ring is 1. The highest BCUT2D eigenvalue weighted by Crippen LogP contribution is 2.41. The third kappa shape index (κ3) is 5.02. The summed E-state index contributed by atoms with van der Waals surface area (Å²) in [4.78, 5) is 11.3. The third-order valence-corrected chi connectivity index (χ3v) is 7.48. The summed E-state index contributed by atoms with van der Waals surface area (Å²) in [6, 6.07) is 4.79. The largest absolute Gasteiger partial charge is 0.481 e. The third-order valence-electron chi connectivity index (χ3n) is 6.45. The van der Waals surface area contributed by atoms with Gasteiger partial charge >= 0.3 is 0 Å². The van der Waals surface area contributed by atoms with Gasteiger partial charge in [-0.25, -0.2) is 8.78 Å². The fourth-order valence-electron chi connectivity index (χ4n) is 4.43. The molecule has 10 heteroatoms. The summed E-state index contributed by atoms with van der Waals surface area (Å²) in [5, 5.41) is 10.1. The van der Waals surface area contributed by atoms with Gasteiger partial charge in [-0.1, -0.05) is 6.92 Å². The topological polar surface area (TPSA) is 96.8 Å². The zero-order valence-corrected chi connectivity index (χ0v) is 22.1. The molecule has 3 heterocycles. The van der Waals surface area contributed by atoms with E-state index in [1.165, 1.54) is 12.1 Å². The van der Waals surface area contributed by atoms with Crippen LogP contribution in [0.25, 0.3) is 21.3 Å². The van der Waals surface area contributed by atoms with Crippen molar-refractivity contribution in [2.24, 2.45) is 4.99 Å². The molecule has 4 rings (SSSR count). The van der Waals surface area contributed by atoms with Gasteiger partial charge in [-0.3, -0.25) is 4.98 Å². The number of methoxy groups -OCH3 is 1. The van der Waals surface area contributed by atoms with Crippen molar-refractivity contribution in [1.82, 2.24) is 9.88 Å². The molecule has 0 amide bonds. The standard InChI is InChI=1S/C27H29F2N5O2S/c1-5-6-21(35-4)33-27(34-10-12-36-11-9-15(34)2)19-14-32-24(23(29)16(19)3)17-7-8-20(28)25-22(17)18(13-30)26(31)37-25/h6-8,14-15H,5,9-12,31H2,1-4H3/b21-6-,33-27+. The van der Waals surface area contributed by atoms with Gasteiger partial charge in [0, 0.05) is 41.9 Å². The molecule has 1 unspecified atom stereocenters. The molecule has 1 saturated heterocycles. The molecule has 3 aromatic rings. The predicted molar refractivity (Wildman–Crippen MR) is 142 cm³/mol. The van der Waals surface area contributed by atoms with E-state index in [2.05, 4.69) is 16.8 Å². The first kappa shape index (κ1) is 26.5. The van der Waals surface area contributed by atoms with Crippen LogP contribution in [0.4, 0.5) is 13.8 Å². The zero-order chi connectivity index (χ0) is 26.7. The molecule has 2 aromatic heterocycles. The predicted octanol–water partition coefficient (Wildman–Crippen LogP) is 5.76. The molecule has 1 aliphatic heterocycles. The Kier molecular flexibility index (Phi) is 8.05. The Morgan fingerprint density at radius 2 is 2.19 bits per heavy atom. The number of benzene rings is 1. The number of rotatable bonds is 5. The number of halogens is 2. The molecule has 1 fully saturated rings. The second-order valence-corrected chi connectivity index (χ2v) is 9.80. The van der Waals surface area contributed by atoms with Crippen LogP contribution >= 0.6 is 11.3 Å². The summed E-state index contributed by atoms with van der Waals surface area (Å²) in [5.41, 5.74) is 7.26. The lowest BCUT2D eigenvalue weighted by molar-refractivity contribution is 0.147. The van der Waals surface area contributed by atoms with E-state index < -0.39 is 11.6 Å². The van der Waals surface area contributed by atoms with E-state index in [-0.39, 0.29) is 32.4 Å². The Hall–Kier alpha value is -3.55. The molecule has 1 atom stereocenters. The van der Waals surface area contributed by atoms with Crippen LogP contribution in [0.2, 0.25) is 0 Å². The van der Waals surface area contributed by atoms with Crippen molar-refractivity contribution in [3.05, 3.63) is 58.6 Å². The molecular weight excluding hydrogens is 496 g/mol. The van der Waals surface area contributed by atoms with Gasteiger partial charge in [-0.05, 0) is 50.5 Å². The highest BCUT2D eigenvalue weighted by molar-refractivity contribution is 7.23. The molecule has 0 aliphatic carbocycles. The van der Waals surface area contributed by atoms with Gasteiger partial charge in [0.2, 0.25) is 5.88 Å². The van der Waals surface area contributed by atoms with Gasteiger partial charge in [0.05, 0.1) is 24.0 Å². The van der Waals surface area contributed by atoms with Gasteiger partial charge in [0.25, 0.3) is 0 Å². The van der Waals surface area contributed by atoms with E-state index >= 15 is 4.39 Å². The lowest BCUT2D eigenvalue weighted by Crippen LogP contribution is -2.40. The molecule has 37 heavy (non-hydrogen) atoms. The van der Waals surface area contributed by atoms with Crippen LogP contribution in [0.5, 0.6) is 0 Å². The average molecular weight is 526 g/mol. The minimum atomic E-state index is -0.580. The van der Waals surface area contributed by atoms with Gasteiger partial charge in [0.15, 0.2) is 5.82 Å². The Bertz CT molecular complexity index is 1430. The van der Waals surface area contributed by atoms with Crippen molar-refractivity contribution < 1.29 is 18.3 Å². The molecule has 0 saturated carbocycles. The van der Waals surface area contributed by atoms with Crippen LogP contribution in [0.3, 0.4) is 0 Å². The number of pyridine rings is 1. The first-order chi connectivity index (χ1) is 17.8. The van der Waals surface area contributed by atoms with E-state index in [4.69, 9.17) is 20.2 Å². The van der Waals surface area contributed by atoms with Crippen LogP contribution in [0.15, 0.2) is 35.3 Å². The normalized spacial score (nSPS) is 17.1. The summed E-state index contributed by atoms with van der Waals surface area (Å²) >= 11 is 0.964. The van der Waals surface area contributed by atoms with Crippen LogP contribution < -0.4 is 5.73 Å². The summed E-state index contributed by atoms with van der Waals surface area (Å²) in [6.07, 6.45) is 4.93. The highest BCUT2D eigenvalue weighted by atomic mass is 32.1. The molecule has 7 nitrogen and oxygen atoms in total. The maximum Gasteiger partial charge on any atom is 0.210 e. The zero-order valence-electron chi connectivity index (χ0n) is 21.3. The number of fused-ring (bicyclic) bond motifs is 1. The van der Waals surface area contributed by atoms with Crippen LogP contribution in [-0.4, -0.2) is 48.6 Å². The summed E-state index contributed by atoms with van der Waals surface area (Å²) < 4.78 is 42.0. The highest BCUT2D eigenvalue weighted by Gasteiger charge is 2.27. The molecule has 0 radical (unpaired) electrons. The number of amidine groups is 1. The Morgan fingerprint density at radius 1 is 1.41 bits per heavy atom. The first-order valence-corrected chi connectivity index (χ1v) is 12.9. The Balaban J connectivity index is 1.92. The Morgan fingerprint density at radius 3 is 2.89 bits per heavy atom. The lowest BCUT2D eigenvalue weighted by atomic mass is 9.99. The van der Waals surface area contributed by atoms with E-state index in [9.17, 15) is 9.65 Å². The van der Waals surface area contributed by atoms with Crippen molar-refractivity contribution in [3.8, 4) is 17.3 Å². The van der Waals surface area contributed by atoms with E-state index in [1.807, 2.05) is 19.1 Å². The number of hydrogen-bond donors (Lipinski definition) is 1. The number of hydrogen-bond acceptors (Lipinski definition) is 7. The number of ether oxygens (including phenoxy) is 2. The molecule has 194 valence electrons.